The molecule has 0 saturated carbocycles. The van der Waals surface area contributed by atoms with Gasteiger partial charge in [-0.1, -0.05) is 0 Å². The van der Waals surface area contributed by atoms with Gasteiger partial charge in [-0.25, -0.2) is 8.42 Å². The summed E-state index contributed by atoms with van der Waals surface area (Å²) in [5.74, 6) is 3.68. The van der Waals surface area contributed by atoms with E-state index in [9.17, 15) is 8.42 Å². The minimum atomic E-state index is -2.55. The third-order valence-electron chi connectivity index (χ3n) is 1.99. The molecule has 2 saturated heterocycles. The minimum Gasteiger partial charge on any atom is -1.00 e. The van der Waals surface area contributed by atoms with E-state index in [1.54, 1.807) is 0 Å². The third-order valence-corrected chi connectivity index (χ3v) is 4.96. The van der Waals surface area contributed by atoms with Crippen molar-refractivity contribution in [2.75, 3.05) is 51.2 Å². The lowest BCUT2D eigenvalue weighted by Gasteiger charge is -2.14. The summed E-state index contributed by atoms with van der Waals surface area (Å²) in [5, 5.41) is 0. The molecule has 0 aromatic heterocycles. The van der Waals surface area contributed by atoms with Crippen LogP contribution in [-0.4, -0.2) is 64.1 Å². The summed E-state index contributed by atoms with van der Waals surface area (Å²) < 4.78 is 21.9. The minimum absolute atomic E-state index is 0. The topological polar surface area (TPSA) is 34.1 Å². The average Bonchev–Trinajstić information content (AvgIpc) is 2.74. The zero-order chi connectivity index (χ0) is 13.4. The fourth-order valence-electron chi connectivity index (χ4n) is 1.26. The van der Waals surface area contributed by atoms with Crippen LogP contribution in [-0.2, 0) is 9.84 Å². The molecule has 2 fully saturated rings. The maximum atomic E-state index is 10.4. The lowest BCUT2D eigenvalue weighted by molar-refractivity contribution is -0.849. The monoisotopic (exact) mass is 317 g/mol. The van der Waals surface area contributed by atoms with Gasteiger partial charge in [-0.05, 0) is 37.2 Å². The van der Waals surface area contributed by atoms with Crippen LogP contribution in [0.25, 0.3) is 0 Å². The quantitative estimate of drug-likeness (QED) is 0.540. The molecule has 0 radical (unpaired) electrons. The zero-order valence-corrected chi connectivity index (χ0v) is 14.5. The SMILES string of the molecule is C1CCSC1.C[N+](C)(C)C.O=S1(=O)CCCC1.[Cl-]. The molecule has 0 amide bonds. The molecule has 0 unspecified atom stereocenters. The molecule has 0 bridgehead atoms. The molecular weight excluding hydrogens is 290 g/mol. The Morgan fingerprint density at radius 1 is 0.833 bits per heavy atom. The van der Waals surface area contributed by atoms with Crippen molar-refractivity contribution in [1.29, 1.82) is 0 Å². The van der Waals surface area contributed by atoms with Gasteiger partial charge in [0.05, 0.1) is 39.7 Å². The van der Waals surface area contributed by atoms with Gasteiger partial charge in [0.15, 0.2) is 0 Å². The Hall–Kier alpha value is 0.550. The molecule has 0 aromatic carbocycles. The van der Waals surface area contributed by atoms with Gasteiger partial charge < -0.3 is 16.9 Å². The van der Waals surface area contributed by atoms with Crippen molar-refractivity contribution >= 4 is 21.6 Å². The largest absolute Gasteiger partial charge is 1.00 e. The second-order valence-corrected chi connectivity index (χ2v) is 9.39. The summed E-state index contributed by atoms with van der Waals surface area (Å²) in [6.45, 7) is 0. The first-order valence-corrected chi connectivity index (χ1v) is 9.25. The fourth-order valence-corrected chi connectivity index (χ4v) is 3.77. The molecule has 2 rings (SSSR count). The average molecular weight is 318 g/mol. The highest BCUT2D eigenvalue weighted by Gasteiger charge is 2.16. The van der Waals surface area contributed by atoms with Gasteiger partial charge in [-0.2, -0.15) is 11.8 Å². The first-order chi connectivity index (χ1) is 7.71. The number of sulfone groups is 1. The molecule has 3 nitrogen and oxygen atoms in total. The Morgan fingerprint density at radius 3 is 1.28 bits per heavy atom. The summed E-state index contributed by atoms with van der Waals surface area (Å²) in [6, 6.07) is 0. The zero-order valence-electron chi connectivity index (χ0n) is 12.1. The molecule has 18 heavy (non-hydrogen) atoms. The van der Waals surface area contributed by atoms with Crippen LogP contribution in [0.2, 0.25) is 0 Å². The molecule has 112 valence electrons. The van der Waals surface area contributed by atoms with Gasteiger partial charge in [-0.15, -0.1) is 0 Å². The van der Waals surface area contributed by atoms with E-state index in [0.717, 1.165) is 17.3 Å². The second-order valence-electron chi connectivity index (χ2n) is 5.86. The molecule has 2 aliphatic heterocycles. The summed E-state index contributed by atoms with van der Waals surface area (Å²) in [7, 11) is 5.95. The first-order valence-electron chi connectivity index (χ1n) is 6.28. The number of halogens is 1. The Bertz CT molecular complexity index is 257. The van der Waals surface area contributed by atoms with E-state index in [-0.39, 0.29) is 12.4 Å². The van der Waals surface area contributed by atoms with Crippen LogP contribution in [0, 0.1) is 0 Å². The number of hydrogen-bond acceptors (Lipinski definition) is 3. The van der Waals surface area contributed by atoms with Crippen LogP contribution >= 0.6 is 11.8 Å². The van der Waals surface area contributed by atoms with Gasteiger partial charge in [-0.3, -0.25) is 0 Å². The van der Waals surface area contributed by atoms with E-state index in [0.29, 0.717) is 11.5 Å². The molecule has 2 aliphatic rings. The highest BCUT2D eigenvalue weighted by Crippen LogP contribution is 2.14. The standard InChI is InChI=1S/C4H12N.C4H8O2S.C4H8S.ClH/c1-5(2,3)4;5-7(6)3-1-2-4-7;1-2-4-5-3-1;/h1-4H3;1-4H2;1-4H2;1H/q+1;;;/p-1. The van der Waals surface area contributed by atoms with E-state index in [1.807, 2.05) is 0 Å². The molecule has 6 heteroatoms. The van der Waals surface area contributed by atoms with Crippen LogP contribution in [0.15, 0.2) is 0 Å². The third kappa shape index (κ3) is 18.9. The number of rotatable bonds is 0. The van der Waals surface area contributed by atoms with E-state index in [2.05, 4.69) is 40.0 Å². The fraction of sp³-hybridized carbons (Fsp3) is 1.00. The van der Waals surface area contributed by atoms with E-state index in [4.69, 9.17) is 0 Å². The van der Waals surface area contributed by atoms with Crippen LogP contribution in [0.3, 0.4) is 0 Å². The lowest BCUT2D eigenvalue weighted by Crippen LogP contribution is -3.00. The number of thioether (sulfide) groups is 1. The summed E-state index contributed by atoms with van der Waals surface area (Å²) in [6.07, 6.45) is 4.68. The Labute approximate surface area is 124 Å². The van der Waals surface area contributed by atoms with Gasteiger partial charge >= 0.3 is 0 Å². The first kappa shape index (κ1) is 20.9. The molecule has 0 N–H and O–H groups in total. The van der Waals surface area contributed by atoms with Gasteiger partial charge in [0, 0.05) is 0 Å². The highest BCUT2D eigenvalue weighted by molar-refractivity contribution is 7.99. The van der Waals surface area contributed by atoms with Crippen molar-refractivity contribution in [3.63, 3.8) is 0 Å². The van der Waals surface area contributed by atoms with Crippen molar-refractivity contribution in [3.8, 4) is 0 Å². The molecule has 2 heterocycles. The summed E-state index contributed by atoms with van der Waals surface area (Å²) in [4.78, 5) is 0. The van der Waals surface area contributed by atoms with Crippen LogP contribution in [0.1, 0.15) is 25.7 Å². The second kappa shape index (κ2) is 10.4. The van der Waals surface area contributed by atoms with Crippen molar-refractivity contribution < 1.29 is 25.3 Å². The molecular formula is C12H28ClNO2S2. The van der Waals surface area contributed by atoms with E-state index < -0.39 is 9.84 Å². The Morgan fingerprint density at radius 2 is 1.17 bits per heavy atom. The predicted octanol–water partition coefficient (Wildman–Crippen LogP) is -0.965. The normalized spacial score (nSPS) is 20.9. The molecule has 0 aliphatic carbocycles. The van der Waals surface area contributed by atoms with Crippen LogP contribution in [0.5, 0.6) is 0 Å². The molecule has 0 spiro atoms. The van der Waals surface area contributed by atoms with Gasteiger partial charge in [0.2, 0.25) is 0 Å². The van der Waals surface area contributed by atoms with Crippen LogP contribution < -0.4 is 12.4 Å². The smallest absolute Gasteiger partial charge is 0.150 e. The number of quaternary nitrogens is 1. The maximum absolute atomic E-state index is 10.4. The van der Waals surface area contributed by atoms with Gasteiger partial charge in [0.25, 0.3) is 0 Å². The van der Waals surface area contributed by atoms with Crippen molar-refractivity contribution in [3.05, 3.63) is 0 Å². The lowest BCUT2D eigenvalue weighted by atomic mass is 10.4. The van der Waals surface area contributed by atoms with Crippen LogP contribution in [0.4, 0.5) is 0 Å². The Balaban J connectivity index is 0. The predicted molar refractivity (Wildman–Crippen MR) is 78.4 cm³/mol. The number of hydrogen-bond donors (Lipinski definition) is 0. The highest BCUT2D eigenvalue weighted by atomic mass is 35.5. The number of nitrogens with zero attached hydrogens (tertiary/aromatic N) is 1. The van der Waals surface area contributed by atoms with Crippen molar-refractivity contribution in [2.24, 2.45) is 0 Å². The molecule has 0 atom stereocenters. The van der Waals surface area contributed by atoms with Crippen molar-refractivity contribution in [1.82, 2.24) is 0 Å². The summed E-state index contributed by atoms with van der Waals surface area (Å²) >= 11 is 2.07. The van der Waals surface area contributed by atoms with E-state index >= 15 is 0 Å². The summed E-state index contributed by atoms with van der Waals surface area (Å²) in [5.41, 5.74) is 0. The van der Waals surface area contributed by atoms with Gasteiger partial charge in [0.1, 0.15) is 9.84 Å². The van der Waals surface area contributed by atoms with E-state index in [1.165, 1.54) is 24.3 Å². The maximum Gasteiger partial charge on any atom is 0.150 e. The Kier molecular flexibility index (Phi) is 12.0. The molecule has 0 aromatic rings. The van der Waals surface area contributed by atoms with Crippen molar-refractivity contribution in [2.45, 2.75) is 25.7 Å².